The number of aryl methyl sites for hydroxylation is 2. The molecule has 0 bridgehead atoms. The van der Waals surface area contributed by atoms with E-state index in [1.165, 1.54) is 42.0 Å². The Morgan fingerprint density at radius 3 is 2.79 bits per heavy atom. The Labute approximate surface area is 172 Å². The van der Waals surface area contributed by atoms with E-state index in [1.807, 2.05) is 7.05 Å². The average Bonchev–Trinajstić information content (AvgIpc) is 2.85. The molecule has 0 amide bonds. The van der Waals surface area contributed by atoms with Crippen molar-refractivity contribution in [1.29, 1.82) is 0 Å². The molecule has 0 radical (unpaired) electrons. The fraction of sp³-hybridized carbons (Fsp3) is 0.765. The summed E-state index contributed by atoms with van der Waals surface area (Å²) in [6.45, 7) is 7.33. The smallest absolute Gasteiger partial charge is 0.191 e. The van der Waals surface area contributed by atoms with E-state index in [0.717, 1.165) is 29.2 Å². The van der Waals surface area contributed by atoms with Crippen molar-refractivity contribution in [3.05, 3.63) is 15.6 Å². The lowest BCUT2D eigenvalue weighted by atomic mass is 9.95. The number of thiazole rings is 1. The van der Waals surface area contributed by atoms with Crippen LogP contribution in [0.4, 0.5) is 0 Å². The molecule has 2 unspecified atom stereocenters. The molecular weight excluding hydrogens is 451 g/mol. The largest absolute Gasteiger partial charge is 0.356 e. The number of nitrogens with one attached hydrogen (secondary N) is 2. The lowest BCUT2D eigenvalue weighted by Crippen LogP contribution is -2.46. The van der Waals surface area contributed by atoms with Crippen LogP contribution >= 0.6 is 47.1 Å². The van der Waals surface area contributed by atoms with Gasteiger partial charge in [0.05, 0.1) is 10.7 Å². The molecule has 1 fully saturated rings. The van der Waals surface area contributed by atoms with Crippen LogP contribution in [-0.2, 0) is 6.42 Å². The van der Waals surface area contributed by atoms with E-state index in [2.05, 4.69) is 53.1 Å². The molecule has 1 saturated carbocycles. The second-order valence-electron chi connectivity index (χ2n) is 6.08. The van der Waals surface area contributed by atoms with E-state index in [9.17, 15) is 0 Å². The molecule has 1 aromatic heterocycles. The number of aliphatic imine (C=N–C) groups is 1. The number of guanidine groups is 1. The Hall–Kier alpha value is -0.0200. The molecule has 1 heterocycles. The molecule has 0 aliphatic heterocycles. The van der Waals surface area contributed by atoms with Gasteiger partial charge < -0.3 is 10.6 Å². The number of rotatable bonds is 6. The lowest BCUT2D eigenvalue weighted by Gasteiger charge is -2.30. The molecule has 2 atom stereocenters. The van der Waals surface area contributed by atoms with Crippen LogP contribution in [-0.4, -0.2) is 41.6 Å². The minimum Gasteiger partial charge on any atom is -0.356 e. The zero-order valence-corrected chi connectivity index (χ0v) is 19.2. The molecule has 7 heteroatoms. The molecule has 0 saturated heterocycles. The first kappa shape index (κ1) is 22.0. The maximum Gasteiger partial charge on any atom is 0.191 e. The first-order chi connectivity index (χ1) is 11.1. The number of hydrogen-bond acceptors (Lipinski definition) is 4. The predicted octanol–water partition coefficient (Wildman–Crippen LogP) is 4.15. The van der Waals surface area contributed by atoms with Gasteiger partial charge in [-0.3, -0.25) is 4.99 Å². The summed E-state index contributed by atoms with van der Waals surface area (Å²) < 4.78 is 0. The Balaban J connectivity index is 0.00000288. The summed E-state index contributed by atoms with van der Waals surface area (Å²) in [7, 11) is 1.86. The summed E-state index contributed by atoms with van der Waals surface area (Å²) >= 11 is 3.90. The number of nitrogens with zero attached hydrogens (tertiary/aromatic N) is 2. The average molecular weight is 483 g/mol. The van der Waals surface area contributed by atoms with Crippen LogP contribution < -0.4 is 10.6 Å². The summed E-state index contributed by atoms with van der Waals surface area (Å²) in [5, 5.41) is 9.04. The van der Waals surface area contributed by atoms with Crippen LogP contribution in [0.25, 0.3) is 0 Å². The van der Waals surface area contributed by atoms with Crippen LogP contribution in [0.15, 0.2) is 4.99 Å². The van der Waals surface area contributed by atoms with E-state index >= 15 is 0 Å². The van der Waals surface area contributed by atoms with Crippen LogP contribution in [0.2, 0.25) is 0 Å². The minimum absolute atomic E-state index is 0. The van der Waals surface area contributed by atoms with Gasteiger partial charge in [0.25, 0.3) is 0 Å². The second-order valence-corrected chi connectivity index (χ2v) is 8.94. The molecular formula is C17H31IN4S2. The standard InChI is InChI=1S/C17H30N4S2.HI/c1-5-22-15-8-6-7-14(11-15)21-17(18-4)19-10-9-16-12(2)20-13(3)23-16;/h14-15H,5-11H2,1-4H3,(H2,18,19,21);1H. The third-order valence-electron chi connectivity index (χ3n) is 4.24. The number of thioether (sulfide) groups is 1. The Morgan fingerprint density at radius 2 is 2.17 bits per heavy atom. The molecule has 1 aromatic rings. The van der Waals surface area contributed by atoms with E-state index in [4.69, 9.17) is 0 Å². The Bertz CT molecular complexity index is 517. The molecule has 2 rings (SSSR count). The summed E-state index contributed by atoms with van der Waals surface area (Å²) in [5.74, 6) is 2.16. The van der Waals surface area contributed by atoms with Crippen molar-refractivity contribution in [2.45, 2.75) is 64.2 Å². The topological polar surface area (TPSA) is 49.3 Å². The molecule has 138 valence electrons. The van der Waals surface area contributed by atoms with Crippen LogP contribution in [0.5, 0.6) is 0 Å². The quantitative estimate of drug-likeness (QED) is 0.364. The van der Waals surface area contributed by atoms with Gasteiger partial charge in [-0.2, -0.15) is 11.8 Å². The first-order valence-electron chi connectivity index (χ1n) is 8.64. The van der Waals surface area contributed by atoms with Crippen molar-refractivity contribution in [3.63, 3.8) is 0 Å². The summed E-state index contributed by atoms with van der Waals surface area (Å²) in [4.78, 5) is 10.3. The molecule has 4 nitrogen and oxygen atoms in total. The van der Waals surface area contributed by atoms with E-state index in [-0.39, 0.29) is 24.0 Å². The molecule has 2 N–H and O–H groups in total. The zero-order chi connectivity index (χ0) is 16.7. The number of halogens is 1. The van der Waals surface area contributed by atoms with Crippen molar-refractivity contribution in [2.75, 3.05) is 19.3 Å². The van der Waals surface area contributed by atoms with Crippen molar-refractivity contribution >= 4 is 53.0 Å². The van der Waals surface area contributed by atoms with Gasteiger partial charge in [0.15, 0.2) is 5.96 Å². The van der Waals surface area contributed by atoms with Gasteiger partial charge in [0.1, 0.15) is 0 Å². The molecule has 1 aliphatic rings. The highest BCUT2D eigenvalue weighted by Gasteiger charge is 2.22. The van der Waals surface area contributed by atoms with E-state index in [0.29, 0.717) is 6.04 Å². The highest BCUT2D eigenvalue weighted by molar-refractivity contribution is 14.0. The van der Waals surface area contributed by atoms with Gasteiger partial charge in [-0.05, 0) is 38.9 Å². The first-order valence-corrected chi connectivity index (χ1v) is 10.5. The van der Waals surface area contributed by atoms with Crippen LogP contribution in [0.1, 0.15) is 48.2 Å². The van der Waals surface area contributed by atoms with Gasteiger partial charge in [-0.15, -0.1) is 35.3 Å². The number of hydrogen-bond donors (Lipinski definition) is 2. The van der Waals surface area contributed by atoms with Gasteiger partial charge >= 0.3 is 0 Å². The summed E-state index contributed by atoms with van der Waals surface area (Å²) in [5.41, 5.74) is 1.17. The monoisotopic (exact) mass is 482 g/mol. The third-order valence-corrected chi connectivity index (χ3v) is 6.60. The van der Waals surface area contributed by atoms with Gasteiger partial charge in [0, 0.05) is 36.2 Å². The Morgan fingerprint density at radius 1 is 1.38 bits per heavy atom. The van der Waals surface area contributed by atoms with Crippen LogP contribution in [0.3, 0.4) is 0 Å². The number of aromatic nitrogens is 1. The molecule has 24 heavy (non-hydrogen) atoms. The predicted molar refractivity (Wildman–Crippen MR) is 119 cm³/mol. The molecule has 0 spiro atoms. The van der Waals surface area contributed by atoms with E-state index in [1.54, 1.807) is 11.3 Å². The normalized spacial score (nSPS) is 21.2. The lowest BCUT2D eigenvalue weighted by molar-refractivity contribution is 0.419. The fourth-order valence-electron chi connectivity index (χ4n) is 3.15. The maximum atomic E-state index is 4.49. The second kappa shape index (κ2) is 11.6. The third kappa shape index (κ3) is 7.07. The SMILES string of the molecule is CCSC1CCCC(NC(=NC)NCCc2sc(C)nc2C)C1.I. The van der Waals surface area contributed by atoms with Gasteiger partial charge in [0.2, 0.25) is 0 Å². The fourth-order valence-corrected chi connectivity index (χ4v) is 5.26. The molecule has 1 aliphatic carbocycles. The maximum absolute atomic E-state index is 4.49. The highest BCUT2D eigenvalue weighted by atomic mass is 127. The van der Waals surface area contributed by atoms with E-state index < -0.39 is 0 Å². The van der Waals surface area contributed by atoms with Crippen molar-refractivity contribution < 1.29 is 0 Å². The van der Waals surface area contributed by atoms with Crippen LogP contribution in [0, 0.1) is 13.8 Å². The zero-order valence-electron chi connectivity index (χ0n) is 15.2. The van der Waals surface area contributed by atoms with Crippen molar-refractivity contribution in [2.24, 2.45) is 4.99 Å². The Kier molecular flexibility index (Phi) is 10.6. The van der Waals surface area contributed by atoms with Crippen molar-refractivity contribution in [3.8, 4) is 0 Å². The minimum atomic E-state index is 0. The summed E-state index contributed by atoms with van der Waals surface area (Å²) in [6, 6.07) is 0.561. The van der Waals surface area contributed by atoms with Crippen molar-refractivity contribution in [1.82, 2.24) is 15.6 Å². The summed E-state index contributed by atoms with van der Waals surface area (Å²) in [6.07, 6.45) is 6.22. The van der Waals surface area contributed by atoms with Gasteiger partial charge in [-0.25, -0.2) is 4.98 Å². The molecule has 0 aromatic carbocycles. The highest BCUT2D eigenvalue weighted by Crippen LogP contribution is 2.28. The van der Waals surface area contributed by atoms with Gasteiger partial charge in [-0.1, -0.05) is 13.3 Å².